The molecule has 4 N–H and O–H groups in total. The smallest absolute Gasteiger partial charge is 0.316 e. The fourth-order valence-corrected chi connectivity index (χ4v) is 3.06. The monoisotopic (exact) mass is 326 g/mol. The number of halogens is 1. The van der Waals surface area contributed by atoms with E-state index in [9.17, 15) is 13.2 Å². The van der Waals surface area contributed by atoms with Crippen LogP contribution in [-0.2, 0) is 10.0 Å². The minimum atomic E-state index is -3.88. The zero-order chi connectivity index (χ0) is 15.5. The number of hydrogen-bond donors (Lipinski definition) is 3. The lowest BCUT2D eigenvalue weighted by Gasteiger charge is -2.10. The van der Waals surface area contributed by atoms with Gasteiger partial charge in [0.25, 0.3) is 10.0 Å². The number of nitrogens with one attached hydrogen (secondary N) is 2. The van der Waals surface area contributed by atoms with Crippen molar-refractivity contribution >= 4 is 39.0 Å². The number of carbonyl (C=O) groups is 1. The number of anilines is 2. The van der Waals surface area contributed by atoms with E-state index in [1.54, 1.807) is 12.1 Å². The summed E-state index contributed by atoms with van der Waals surface area (Å²) in [7, 11) is -3.88. The van der Waals surface area contributed by atoms with Crippen LogP contribution in [0.1, 0.15) is 0 Å². The highest BCUT2D eigenvalue weighted by Crippen LogP contribution is 2.23. The maximum absolute atomic E-state index is 12.2. The lowest BCUT2D eigenvalue weighted by Crippen LogP contribution is -2.19. The van der Waals surface area contributed by atoms with E-state index < -0.39 is 16.1 Å². The van der Waals surface area contributed by atoms with Gasteiger partial charge in [0.15, 0.2) is 0 Å². The SMILES string of the molecule is NC(=O)Nc1cccc(NS(=O)(=O)c2cnccc2Cl)c1. The molecule has 0 aliphatic heterocycles. The molecule has 0 radical (unpaired) electrons. The van der Waals surface area contributed by atoms with Crippen molar-refractivity contribution in [2.24, 2.45) is 5.73 Å². The standard InChI is InChI=1S/C12H11ClN4O3S/c13-10-4-5-15-7-11(10)21(19,20)17-9-3-1-2-8(6-9)16-12(14)18/h1-7,17H,(H3,14,16,18). The number of aromatic nitrogens is 1. The summed E-state index contributed by atoms with van der Waals surface area (Å²) < 4.78 is 26.8. The Balaban J connectivity index is 2.29. The molecule has 0 saturated carbocycles. The van der Waals surface area contributed by atoms with E-state index in [2.05, 4.69) is 15.0 Å². The quantitative estimate of drug-likeness (QED) is 0.797. The Morgan fingerprint density at radius 1 is 1.24 bits per heavy atom. The Kier molecular flexibility index (Phi) is 4.29. The fraction of sp³-hybridized carbons (Fsp3) is 0. The summed E-state index contributed by atoms with van der Waals surface area (Å²) in [5.74, 6) is 0. The maximum Gasteiger partial charge on any atom is 0.316 e. The summed E-state index contributed by atoms with van der Waals surface area (Å²) in [4.78, 5) is 14.4. The van der Waals surface area contributed by atoms with Crippen LogP contribution in [0.2, 0.25) is 5.02 Å². The fourth-order valence-electron chi connectivity index (χ4n) is 1.57. The Labute approximate surface area is 126 Å². The van der Waals surface area contributed by atoms with E-state index in [0.717, 1.165) is 6.20 Å². The van der Waals surface area contributed by atoms with Crippen molar-refractivity contribution in [3.63, 3.8) is 0 Å². The van der Waals surface area contributed by atoms with E-state index >= 15 is 0 Å². The number of hydrogen-bond acceptors (Lipinski definition) is 4. The number of carbonyl (C=O) groups excluding carboxylic acids is 1. The van der Waals surface area contributed by atoms with E-state index in [0.29, 0.717) is 5.69 Å². The molecule has 1 heterocycles. The number of sulfonamides is 1. The highest BCUT2D eigenvalue weighted by molar-refractivity contribution is 7.92. The summed E-state index contributed by atoms with van der Waals surface area (Å²) in [5.41, 5.74) is 5.61. The summed E-state index contributed by atoms with van der Waals surface area (Å²) in [5, 5.41) is 2.41. The molecule has 1 aromatic carbocycles. The summed E-state index contributed by atoms with van der Waals surface area (Å²) in [6.07, 6.45) is 2.54. The van der Waals surface area contributed by atoms with E-state index in [-0.39, 0.29) is 15.6 Å². The molecule has 0 unspecified atom stereocenters. The van der Waals surface area contributed by atoms with Gasteiger partial charge >= 0.3 is 6.03 Å². The third-order valence-corrected chi connectivity index (χ3v) is 4.26. The van der Waals surface area contributed by atoms with Crippen molar-refractivity contribution in [2.75, 3.05) is 10.0 Å². The maximum atomic E-state index is 12.2. The van der Waals surface area contributed by atoms with E-state index in [1.165, 1.54) is 24.4 Å². The average Bonchev–Trinajstić information content (AvgIpc) is 2.38. The molecule has 0 aliphatic carbocycles. The molecule has 110 valence electrons. The van der Waals surface area contributed by atoms with Crippen molar-refractivity contribution in [1.29, 1.82) is 0 Å². The first-order chi connectivity index (χ1) is 9.88. The molecule has 21 heavy (non-hydrogen) atoms. The number of benzene rings is 1. The molecule has 0 fully saturated rings. The van der Waals surface area contributed by atoms with Crippen LogP contribution < -0.4 is 15.8 Å². The highest BCUT2D eigenvalue weighted by Gasteiger charge is 2.18. The molecule has 2 rings (SSSR count). The Morgan fingerprint density at radius 2 is 1.95 bits per heavy atom. The van der Waals surface area contributed by atoms with Crippen molar-refractivity contribution in [3.05, 3.63) is 47.7 Å². The lowest BCUT2D eigenvalue weighted by molar-refractivity contribution is 0.259. The van der Waals surface area contributed by atoms with Crippen LogP contribution in [0.15, 0.2) is 47.6 Å². The first kappa shape index (κ1) is 15.1. The van der Waals surface area contributed by atoms with Crippen molar-refractivity contribution < 1.29 is 13.2 Å². The zero-order valence-corrected chi connectivity index (χ0v) is 12.1. The van der Waals surface area contributed by atoms with Gasteiger partial charge in [0.1, 0.15) is 4.90 Å². The molecule has 2 amide bonds. The average molecular weight is 327 g/mol. The van der Waals surface area contributed by atoms with E-state index in [1.807, 2.05) is 0 Å². The summed E-state index contributed by atoms with van der Waals surface area (Å²) in [6, 6.07) is 6.71. The molecule has 1 aromatic heterocycles. The number of urea groups is 1. The first-order valence-electron chi connectivity index (χ1n) is 5.67. The second kappa shape index (κ2) is 5.98. The van der Waals surface area contributed by atoms with Gasteiger partial charge in [-0.25, -0.2) is 13.2 Å². The van der Waals surface area contributed by atoms with Crippen LogP contribution >= 0.6 is 11.6 Å². The largest absolute Gasteiger partial charge is 0.351 e. The Morgan fingerprint density at radius 3 is 2.62 bits per heavy atom. The van der Waals surface area contributed by atoms with Gasteiger partial charge in [0.2, 0.25) is 0 Å². The highest BCUT2D eigenvalue weighted by atomic mass is 35.5. The third kappa shape index (κ3) is 3.83. The predicted molar refractivity (Wildman–Crippen MR) is 79.7 cm³/mol. The van der Waals surface area contributed by atoms with Gasteiger partial charge < -0.3 is 11.1 Å². The van der Waals surface area contributed by atoms with Gasteiger partial charge in [-0.15, -0.1) is 0 Å². The van der Waals surface area contributed by atoms with Crippen LogP contribution in [0.3, 0.4) is 0 Å². The number of nitrogens with zero attached hydrogens (tertiary/aromatic N) is 1. The molecular weight excluding hydrogens is 316 g/mol. The number of nitrogens with two attached hydrogens (primary N) is 1. The molecule has 0 aliphatic rings. The predicted octanol–water partition coefficient (Wildman–Crippen LogP) is 2.03. The van der Waals surface area contributed by atoms with E-state index in [4.69, 9.17) is 17.3 Å². The zero-order valence-electron chi connectivity index (χ0n) is 10.6. The van der Waals surface area contributed by atoms with Gasteiger partial charge in [0, 0.05) is 18.1 Å². The van der Waals surface area contributed by atoms with Gasteiger partial charge in [-0.1, -0.05) is 17.7 Å². The van der Waals surface area contributed by atoms with Gasteiger partial charge in [0.05, 0.1) is 10.7 Å². The van der Waals surface area contributed by atoms with Crippen LogP contribution in [0, 0.1) is 0 Å². The minimum absolute atomic E-state index is 0.0592. The third-order valence-electron chi connectivity index (χ3n) is 2.41. The molecule has 9 heteroatoms. The molecule has 2 aromatic rings. The number of rotatable bonds is 4. The second-order valence-electron chi connectivity index (χ2n) is 3.98. The molecule has 0 atom stereocenters. The summed E-state index contributed by atoms with van der Waals surface area (Å²) >= 11 is 5.84. The number of primary amides is 1. The topological polar surface area (TPSA) is 114 Å². The number of amides is 2. The Bertz CT molecular complexity index is 780. The second-order valence-corrected chi connectivity index (χ2v) is 6.04. The van der Waals surface area contributed by atoms with Crippen LogP contribution in [0.5, 0.6) is 0 Å². The molecule has 0 bridgehead atoms. The van der Waals surface area contributed by atoms with Gasteiger partial charge in [-0.2, -0.15) is 0 Å². The summed E-state index contributed by atoms with van der Waals surface area (Å²) in [6.45, 7) is 0. The van der Waals surface area contributed by atoms with Crippen LogP contribution in [0.25, 0.3) is 0 Å². The normalized spacial score (nSPS) is 10.9. The Hall–Kier alpha value is -2.32. The van der Waals surface area contributed by atoms with Crippen molar-refractivity contribution in [2.45, 2.75) is 4.90 Å². The van der Waals surface area contributed by atoms with Crippen LogP contribution in [0.4, 0.5) is 16.2 Å². The molecular formula is C12H11ClN4O3S. The van der Waals surface area contributed by atoms with Crippen molar-refractivity contribution in [1.82, 2.24) is 4.98 Å². The lowest BCUT2D eigenvalue weighted by atomic mass is 10.3. The minimum Gasteiger partial charge on any atom is -0.351 e. The van der Waals surface area contributed by atoms with Gasteiger partial charge in [-0.05, 0) is 24.3 Å². The molecule has 0 spiro atoms. The van der Waals surface area contributed by atoms with Gasteiger partial charge in [-0.3, -0.25) is 9.71 Å². The molecule has 7 nitrogen and oxygen atoms in total. The molecule has 0 saturated heterocycles. The van der Waals surface area contributed by atoms with Crippen LogP contribution in [-0.4, -0.2) is 19.4 Å². The van der Waals surface area contributed by atoms with Crippen molar-refractivity contribution in [3.8, 4) is 0 Å². The first-order valence-corrected chi connectivity index (χ1v) is 7.53. The number of pyridine rings is 1.